The van der Waals surface area contributed by atoms with E-state index in [1.54, 1.807) is 11.1 Å². The molecule has 0 amide bonds. The van der Waals surface area contributed by atoms with E-state index in [1.807, 2.05) is 0 Å². The van der Waals surface area contributed by atoms with E-state index < -0.39 is 5.97 Å². The summed E-state index contributed by atoms with van der Waals surface area (Å²) in [5, 5.41) is 7.89. The maximum Gasteiger partial charge on any atom is 0.330 e. The Hall–Kier alpha value is -1.57. The van der Waals surface area contributed by atoms with Gasteiger partial charge in [0.1, 0.15) is 0 Å². The summed E-state index contributed by atoms with van der Waals surface area (Å²) >= 11 is 0. The normalized spacial score (nSPS) is 12.3. The topological polar surface area (TPSA) is 37.3 Å². The molecule has 0 unspecified atom stereocenters. The molecule has 1 N–H and O–H groups in total. The fourth-order valence-corrected chi connectivity index (χ4v) is 1.51. The molecule has 80 valence electrons. The smallest absolute Gasteiger partial charge is 0.330 e. The van der Waals surface area contributed by atoms with Crippen LogP contribution < -0.4 is 0 Å². The van der Waals surface area contributed by atoms with E-state index in [0.29, 0.717) is 0 Å². The largest absolute Gasteiger partial charge is 0.478 e. The van der Waals surface area contributed by atoms with E-state index in [2.05, 4.69) is 30.8 Å². The summed E-state index contributed by atoms with van der Waals surface area (Å²) in [6.07, 6.45) is 3.96. The van der Waals surface area contributed by atoms with E-state index in [1.165, 1.54) is 26.2 Å². The van der Waals surface area contributed by atoms with Crippen molar-refractivity contribution in [2.75, 3.05) is 0 Å². The molecule has 1 aliphatic rings. The van der Waals surface area contributed by atoms with Gasteiger partial charge < -0.3 is 5.11 Å². The molecule has 2 rings (SSSR count). The van der Waals surface area contributed by atoms with Crippen molar-refractivity contribution in [2.24, 2.45) is 0 Å². The second kappa shape index (κ2) is 5.35. The Morgan fingerprint density at radius 3 is 2.00 bits per heavy atom. The Kier molecular flexibility index (Phi) is 4.10. The molecular formula is C13H16O2. The first kappa shape index (κ1) is 11.5. The van der Waals surface area contributed by atoms with Crippen molar-refractivity contribution >= 4 is 5.97 Å². The highest BCUT2D eigenvalue weighted by Gasteiger charge is 2.07. The third kappa shape index (κ3) is 3.58. The Balaban J connectivity index is 0.000000167. The standard InChI is InChI=1S/C9H10.C4H6O2/c1-2-5-9-7-3-6-8(9)4-1;1-3(2)4(5)6/h1-2,4-5H,3,6-7H2;1H2,2H3,(H,5,6). The third-order valence-electron chi connectivity index (χ3n) is 2.38. The highest BCUT2D eigenvalue weighted by Crippen LogP contribution is 2.20. The number of rotatable bonds is 1. The lowest BCUT2D eigenvalue weighted by atomic mass is 10.1. The van der Waals surface area contributed by atoms with E-state index in [-0.39, 0.29) is 5.57 Å². The minimum absolute atomic E-state index is 0.176. The van der Waals surface area contributed by atoms with Crippen LogP contribution in [-0.2, 0) is 17.6 Å². The van der Waals surface area contributed by atoms with Gasteiger partial charge in [0.2, 0.25) is 0 Å². The molecule has 0 fully saturated rings. The van der Waals surface area contributed by atoms with Gasteiger partial charge in [-0.05, 0) is 37.3 Å². The van der Waals surface area contributed by atoms with Gasteiger partial charge in [-0.2, -0.15) is 0 Å². The zero-order valence-corrected chi connectivity index (χ0v) is 8.99. The molecule has 1 aromatic carbocycles. The fraction of sp³-hybridized carbons (Fsp3) is 0.308. The summed E-state index contributed by atoms with van der Waals surface area (Å²) in [5.74, 6) is -0.935. The number of aliphatic carboxylic acids is 1. The fourth-order valence-electron chi connectivity index (χ4n) is 1.51. The lowest BCUT2D eigenvalue weighted by molar-refractivity contribution is -0.132. The van der Waals surface area contributed by atoms with Gasteiger partial charge in [0.15, 0.2) is 0 Å². The lowest BCUT2D eigenvalue weighted by Gasteiger charge is -1.93. The van der Waals surface area contributed by atoms with E-state index in [0.717, 1.165) is 0 Å². The number of benzene rings is 1. The van der Waals surface area contributed by atoms with Crippen LogP contribution in [0.1, 0.15) is 24.5 Å². The SMILES string of the molecule is C=C(C)C(=O)O.c1ccc2c(c1)CCC2. The van der Waals surface area contributed by atoms with Crippen molar-refractivity contribution in [1.29, 1.82) is 0 Å². The summed E-state index contributed by atoms with van der Waals surface area (Å²) in [5.41, 5.74) is 3.31. The van der Waals surface area contributed by atoms with E-state index >= 15 is 0 Å². The second-order valence-corrected chi connectivity index (χ2v) is 3.71. The van der Waals surface area contributed by atoms with Gasteiger partial charge in [-0.25, -0.2) is 4.79 Å². The number of hydrogen-bond donors (Lipinski definition) is 1. The molecular weight excluding hydrogens is 188 g/mol. The molecule has 0 aliphatic heterocycles. The number of hydrogen-bond acceptors (Lipinski definition) is 1. The van der Waals surface area contributed by atoms with Crippen LogP contribution in [0.5, 0.6) is 0 Å². The number of carboxylic acids is 1. The first-order valence-electron chi connectivity index (χ1n) is 5.07. The highest BCUT2D eigenvalue weighted by atomic mass is 16.4. The van der Waals surface area contributed by atoms with E-state index in [4.69, 9.17) is 5.11 Å². The van der Waals surface area contributed by atoms with Crippen LogP contribution >= 0.6 is 0 Å². The summed E-state index contributed by atoms with van der Waals surface area (Å²) in [6.45, 7) is 4.60. The van der Waals surface area contributed by atoms with Crippen LogP contribution in [-0.4, -0.2) is 11.1 Å². The number of aryl methyl sites for hydroxylation is 2. The quantitative estimate of drug-likeness (QED) is 0.714. The third-order valence-corrected chi connectivity index (χ3v) is 2.38. The van der Waals surface area contributed by atoms with Gasteiger partial charge >= 0.3 is 5.97 Å². The summed E-state index contributed by atoms with van der Waals surface area (Å²) in [4.78, 5) is 9.60. The molecule has 0 saturated heterocycles. The van der Waals surface area contributed by atoms with Crippen molar-refractivity contribution in [2.45, 2.75) is 26.2 Å². The molecule has 0 atom stereocenters. The Morgan fingerprint density at radius 2 is 1.67 bits per heavy atom. The molecule has 1 aliphatic carbocycles. The van der Waals surface area contributed by atoms with Crippen molar-refractivity contribution in [1.82, 2.24) is 0 Å². The van der Waals surface area contributed by atoms with Crippen molar-refractivity contribution in [3.05, 3.63) is 47.5 Å². The van der Waals surface area contributed by atoms with Crippen LogP contribution in [0, 0.1) is 0 Å². The van der Waals surface area contributed by atoms with Gasteiger partial charge in [-0.15, -0.1) is 0 Å². The molecule has 0 heterocycles. The van der Waals surface area contributed by atoms with Crippen LogP contribution in [0.3, 0.4) is 0 Å². The average Bonchev–Trinajstić information content (AvgIpc) is 2.66. The van der Waals surface area contributed by atoms with Gasteiger partial charge in [-0.3, -0.25) is 0 Å². The molecule has 15 heavy (non-hydrogen) atoms. The van der Waals surface area contributed by atoms with E-state index in [9.17, 15) is 4.79 Å². The number of carboxylic acid groups (broad SMARTS) is 1. The Labute approximate surface area is 90.3 Å². The van der Waals surface area contributed by atoms with Crippen molar-refractivity contribution in [3.8, 4) is 0 Å². The monoisotopic (exact) mass is 204 g/mol. The van der Waals surface area contributed by atoms with Crippen LogP contribution in [0.25, 0.3) is 0 Å². The molecule has 1 aromatic rings. The lowest BCUT2D eigenvalue weighted by Crippen LogP contribution is -1.92. The van der Waals surface area contributed by atoms with Gasteiger partial charge in [0.05, 0.1) is 0 Å². The molecule has 0 bridgehead atoms. The zero-order chi connectivity index (χ0) is 11.3. The maximum atomic E-state index is 9.60. The molecule has 0 saturated carbocycles. The van der Waals surface area contributed by atoms with Crippen LogP contribution in [0.15, 0.2) is 36.4 Å². The summed E-state index contributed by atoms with van der Waals surface area (Å²) in [7, 11) is 0. The first-order chi connectivity index (χ1) is 7.11. The zero-order valence-electron chi connectivity index (χ0n) is 8.99. The maximum absolute atomic E-state index is 9.60. The second-order valence-electron chi connectivity index (χ2n) is 3.71. The number of carbonyl (C=O) groups is 1. The Bertz CT molecular complexity index is 332. The van der Waals surface area contributed by atoms with Gasteiger partial charge in [0.25, 0.3) is 0 Å². The average molecular weight is 204 g/mol. The summed E-state index contributed by atoms with van der Waals surface area (Å²) in [6, 6.07) is 8.74. The summed E-state index contributed by atoms with van der Waals surface area (Å²) < 4.78 is 0. The highest BCUT2D eigenvalue weighted by molar-refractivity contribution is 5.84. The first-order valence-corrected chi connectivity index (χ1v) is 5.07. The predicted molar refractivity (Wildman–Crippen MR) is 60.9 cm³/mol. The van der Waals surface area contributed by atoms with Gasteiger partial charge in [-0.1, -0.05) is 30.8 Å². The molecule has 2 nitrogen and oxygen atoms in total. The minimum atomic E-state index is -0.935. The molecule has 2 heteroatoms. The predicted octanol–water partition coefficient (Wildman–Crippen LogP) is 2.82. The van der Waals surface area contributed by atoms with Crippen molar-refractivity contribution < 1.29 is 9.90 Å². The van der Waals surface area contributed by atoms with Gasteiger partial charge in [0, 0.05) is 5.57 Å². The molecule has 0 spiro atoms. The van der Waals surface area contributed by atoms with Crippen LogP contribution in [0.4, 0.5) is 0 Å². The Morgan fingerprint density at radius 1 is 1.27 bits per heavy atom. The minimum Gasteiger partial charge on any atom is -0.478 e. The molecule has 0 radical (unpaired) electrons. The van der Waals surface area contributed by atoms with Crippen LogP contribution in [0.2, 0.25) is 0 Å². The molecule has 0 aromatic heterocycles. The van der Waals surface area contributed by atoms with Crippen molar-refractivity contribution in [3.63, 3.8) is 0 Å². The number of fused-ring (bicyclic) bond motifs is 1.